The minimum absolute atomic E-state index is 0.0454. The van der Waals surface area contributed by atoms with Gasteiger partial charge < -0.3 is 19.2 Å². The van der Waals surface area contributed by atoms with Crippen molar-refractivity contribution in [1.82, 2.24) is 14.8 Å². The van der Waals surface area contributed by atoms with Gasteiger partial charge in [-0.05, 0) is 50.5 Å². The molecular formula is C23H31N3O3. The fourth-order valence-corrected chi connectivity index (χ4v) is 4.75. The summed E-state index contributed by atoms with van der Waals surface area (Å²) >= 11 is 0. The van der Waals surface area contributed by atoms with E-state index in [-0.39, 0.29) is 17.9 Å². The average Bonchev–Trinajstić information content (AvgIpc) is 3.30. The fraction of sp³-hybridized carbons (Fsp3) is 0.565. The number of aromatic nitrogens is 1. The standard InChI is InChI=1S/C23H31N3O3/c1-3-14-26-21(27)19-13-12-18(20-11-8-15-29-20)25(19)16-23(26,2)22(28)24-17-9-6-4-5-7-10-17/h8,11-13,15,17H,3-7,9-10,14,16H2,1-2H3,(H,24,28)/t23-/m0/s1. The molecule has 0 unspecified atom stereocenters. The molecule has 6 nitrogen and oxygen atoms in total. The molecule has 4 rings (SSSR count). The molecular weight excluding hydrogens is 366 g/mol. The Labute approximate surface area is 172 Å². The molecule has 156 valence electrons. The lowest BCUT2D eigenvalue weighted by Gasteiger charge is -2.44. The third-order valence-electron chi connectivity index (χ3n) is 6.41. The van der Waals surface area contributed by atoms with Crippen LogP contribution in [0.2, 0.25) is 0 Å². The lowest BCUT2D eigenvalue weighted by Crippen LogP contribution is -2.65. The van der Waals surface area contributed by atoms with Crippen LogP contribution in [0.5, 0.6) is 0 Å². The number of hydrogen-bond acceptors (Lipinski definition) is 3. The van der Waals surface area contributed by atoms with Gasteiger partial charge in [0.05, 0.1) is 18.5 Å². The van der Waals surface area contributed by atoms with Crippen LogP contribution in [0.1, 0.15) is 69.3 Å². The third-order valence-corrected chi connectivity index (χ3v) is 6.41. The predicted molar refractivity (Wildman–Crippen MR) is 111 cm³/mol. The molecule has 2 aromatic heterocycles. The van der Waals surface area contributed by atoms with Crippen molar-refractivity contribution < 1.29 is 14.0 Å². The summed E-state index contributed by atoms with van der Waals surface area (Å²) in [5, 5.41) is 3.29. The minimum atomic E-state index is -0.924. The largest absolute Gasteiger partial charge is 0.463 e. The van der Waals surface area contributed by atoms with E-state index < -0.39 is 5.54 Å². The quantitative estimate of drug-likeness (QED) is 0.769. The van der Waals surface area contributed by atoms with Gasteiger partial charge in [-0.15, -0.1) is 0 Å². The SMILES string of the molecule is CCCN1C(=O)c2ccc(-c3ccco3)n2C[C@@]1(C)C(=O)NC1CCCCCC1. The molecule has 2 aromatic rings. The zero-order valence-electron chi connectivity index (χ0n) is 17.4. The van der Waals surface area contributed by atoms with Crippen molar-refractivity contribution in [3.8, 4) is 11.5 Å². The summed E-state index contributed by atoms with van der Waals surface area (Å²) in [4.78, 5) is 28.6. The Hall–Kier alpha value is -2.50. The maximum Gasteiger partial charge on any atom is 0.271 e. The number of rotatable bonds is 5. The Kier molecular flexibility index (Phi) is 5.52. The number of hydrogen-bond donors (Lipinski definition) is 1. The van der Waals surface area contributed by atoms with Crippen LogP contribution in [-0.2, 0) is 11.3 Å². The van der Waals surface area contributed by atoms with Gasteiger partial charge in [0, 0.05) is 12.6 Å². The zero-order valence-corrected chi connectivity index (χ0v) is 17.4. The molecule has 0 spiro atoms. The van der Waals surface area contributed by atoms with Crippen LogP contribution in [0.3, 0.4) is 0 Å². The summed E-state index contributed by atoms with van der Waals surface area (Å²) in [5.74, 6) is 0.574. The van der Waals surface area contributed by atoms with E-state index in [2.05, 4.69) is 5.32 Å². The van der Waals surface area contributed by atoms with E-state index in [1.54, 1.807) is 11.2 Å². The van der Waals surface area contributed by atoms with Crippen LogP contribution < -0.4 is 5.32 Å². The van der Waals surface area contributed by atoms with Crippen molar-refractivity contribution in [1.29, 1.82) is 0 Å². The van der Waals surface area contributed by atoms with Crippen LogP contribution in [0.4, 0.5) is 0 Å². The van der Waals surface area contributed by atoms with Crippen LogP contribution in [0, 0.1) is 0 Å². The Bertz CT molecular complexity index is 862. The Balaban J connectivity index is 1.66. The smallest absolute Gasteiger partial charge is 0.271 e. The topological polar surface area (TPSA) is 67.5 Å². The first-order chi connectivity index (χ1) is 14.0. The molecule has 0 radical (unpaired) electrons. The number of furan rings is 1. The molecule has 1 N–H and O–H groups in total. The molecule has 2 aliphatic rings. The molecule has 29 heavy (non-hydrogen) atoms. The Morgan fingerprint density at radius 2 is 1.90 bits per heavy atom. The maximum atomic E-state index is 13.5. The van der Waals surface area contributed by atoms with Crippen molar-refractivity contribution in [3.05, 3.63) is 36.2 Å². The van der Waals surface area contributed by atoms with Gasteiger partial charge in [-0.3, -0.25) is 9.59 Å². The van der Waals surface area contributed by atoms with E-state index in [0.29, 0.717) is 24.5 Å². The second-order valence-electron chi connectivity index (χ2n) is 8.56. The van der Waals surface area contributed by atoms with Crippen LogP contribution >= 0.6 is 0 Å². The van der Waals surface area contributed by atoms with Crippen molar-refractivity contribution in [2.45, 2.75) is 76.9 Å². The molecule has 0 saturated heterocycles. The summed E-state index contributed by atoms with van der Waals surface area (Å²) in [7, 11) is 0. The van der Waals surface area contributed by atoms with Gasteiger partial charge in [-0.25, -0.2) is 0 Å². The van der Waals surface area contributed by atoms with Crippen molar-refractivity contribution in [2.24, 2.45) is 0 Å². The second-order valence-corrected chi connectivity index (χ2v) is 8.56. The van der Waals surface area contributed by atoms with Gasteiger partial charge in [0.15, 0.2) is 0 Å². The lowest BCUT2D eigenvalue weighted by molar-refractivity contribution is -0.133. The maximum absolute atomic E-state index is 13.5. The van der Waals surface area contributed by atoms with Crippen LogP contribution in [-0.4, -0.2) is 39.4 Å². The zero-order chi connectivity index (χ0) is 20.4. The minimum Gasteiger partial charge on any atom is -0.463 e. The Morgan fingerprint density at radius 1 is 1.17 bits per heavy atom. The van der Waals surface area contributed by atoms with E-state index in [1.807, 2.05) is 42.7 Å². The summed E-state index contributed by atoms with van der Waals surface area (Å²) < 4.78 is 7.52. The van der Waals surface area contributed by atoms with Crippen molar-refractivity contribution in [2.75, 3.05) is 6.54 Å². The van der Waals surface area contributed by atoms with Gasteiger partial charge in [-0.2, -0.15) is 0 Å². The molecule has 6 heteroatoms. The molecule has 1 saturated carbocycles. The van der Waals surface area contributed by atoms with E-state index in [4.69, 9.17) is 4.42 Å². The number of carbonyl (C=O) groups excluding carboxylic acids is 2. The highest BCUT2D eigenvalue weighted by molar-refractivity contribution is 6.00. The van der Waals surface area contributed by atoms with E-state index in [0.717, 1.165) is 37.8 Å². The normalized spacial score (nSPS) is 23.0. The van der Waals surface area contributed by atoms with Crippen LogP contribution in [0.25, 0.3) is 11.5 Å². The van der Waals surface area contributed by atoms with E-state index in [1.165, 1.54) is 12.8 Å². The van der Waals surface area contributed by atoms with E-state index >= 15 is 0 Å². The second kappa shape index (κ2) is 8.09. The average molecular weight is 398 g/mol. The molecule has 1 aliphatic carbocycles. The summed E-state index contributed by atoms with van der Waals surface area (Å²) in [5.41, 5.74) is 0.528. The first-order valence-electron chi connectivity index (χ1n) is 10.9. The highest BCUT2D eigenvalue weighted by atomic mass is 16.3. The highest BCUT2D eigenvalue weighted by Crippen LogP contribution is 2.33. The van der Waals surface area contributed by atoms with Gasteiger partial charge >= 0.3 is 0 Å². The molecule has 0 aromatic carbocycles. The summed E-state index contributed by atoms with van der Waals surface area (Å²) in [6.07, 6.45) is 9.27. The molecule has 1 atom stereocenters. The Morgan fingerprint density at radius 3 is 2.55 bits per heavy atom. The fourth-order valence-electron chi connectivity index (χ4n) is 4.75. The van der Waals surface area contributed by atoms with Crippen molar-refractivity contribution in [3.63, 3.8) is 0 Å². The lowest BCUT2D eigenvalue weighted by atomic mass is 9.93. The van der Waals surface area contributed by atoms with Gasteiger partial charge in [0.25, 0.3) is 5.91 Å². The molecule has 3 heterocycles. The molecule has 1 aliphatic heterocycles. The number of carbonyl (C=O) groups is 2. The van der Waals surface area contributed by atoms with Crippen molar-refractivity contribution >= 4 is 11.8 Å². The van der Waals surface area contributed by atoms with Crippen LogP contribution in [0.15, 0.2) is 34.9 Å². The van der Waals surface area contributed by atoms with Gasteiger partial charge in [-0.1, -0.05) is 32.6 Å². The third kappa shape index (κ3) is 3.61. The predicted octanol–water partition coefficient (Wildman–Crippen LogP) is 4.21. The first-order valence-corrected chi connectivity index (χ1v) is 10.9. The number of nitrogens with one attached hydrogen (secondary N) is 1. The van der Waals surface area contributed by atoms with E-state index in [9.17, 15) is 9.59 Å². The first kappa shape index (κ1) is 19.8. The number of fused-ring (bicyclic) bond motifs is 1. The number of amides is 2. The van der Waals surface area contributed by atoms with Gasteiger partial charge in [0.2, 0.25) is 5.91 Å². The van der Waals surface area contributed by atoms with Gasteiger partial charge in [0.1, 0.15) is 17.0 Å². The molecule has 0 bridgehead atoms. The summed E-state index contributed by atoms with van der Waals surface area (Å²) in [6, 6.07) is 7.67. The summed E-state index contributed by atoms with van der Waals surface area (Å²) in [6.45, 7) is 4.94. The molecule has 2 amide bonds. The molecule has 1 fully saturated rings. The monoisotopic (exact) mass is 397 g/mol. The number of nitrogens with zero attached hydrogens (tertiary/aromatic N) is 2. The highest BCUT2D eigenvalue weighted by Gasteiger charge is 2.47.